The van der Waals surface area contributed by atoms with Crippen LogP contribution < -0.4 is 0 Å². The first-order chi connectivity index (χ1) is 5.86. The van der Waals surface area contributed by atoms with Gasteiger partial charge in [0.2, 0.25) is 0 Å². The fourth-order valence-corrected chi connectivity index (χ4v) is 2.15. The molecule has 3 unspecified atom stereocenters. The number of hydrogen-bond donors (Lipinski definition) is 0. The molecule has 1 heteroatoms. The van der Waals surface area contributed by atoms with Gasteiger partial charge in [0.15, 0.2) is 0 Å². The van der Waals surface area contributed by atoms with Crippen LogP contribution in [0.5, 0.6) is 0 Å². The highest BCUT2D eigenvalue weighted by molar-refractivity contribution is 4.83. The average molecular weight is 170 g/mol. The standard InChI is InChI=1S/C9H16O.C2H6/c1-7-3-2-4-8(5-7)9-6-10-9;1-2/h7-9H,2-6H2,1H3;1-2H3. The minimum absolute atomic E-state index is 0.669. The highest BCUT2D eigenvalue weighted by Crippen LogP contribution is 2.35. The molecule has 1 saturated heterocycles. The first kappa shape index (κ1) is 10.0. The van der Waals surface area contributed by atoms with Crippen LogP contribution in [0.4, 0.5) is 0 Å². The quantitative estimate of drug-likeness (QED) is 0.550. The van der Waals surface area contributed by atoms with Crippen molar-refractivity contribution in [3.05, 3.63) is 0 Å². The summed E-state index contributed by atoms with van der Waals surface area (Å²) in [6, 6.07) is 0. The average Bonchev–Trinajstić information content (AvgIpc) is 2.90. The molecule has 1 aliphatic carbocycles. The van der Waals surface area contributed by atoms with E-state index in [0.717, 1.165) is 18.4 Å². The minimum Gasteiger partial charge on any atom is -0.373 e. The van der Waals surface area contributed by atoms with E-state index in [2.05, 4.69) is 6.92 Å². The zero-order valence-electron chi connectivity index (χ0n) is 8.68. The van der Waals surface area contributed by atoms with E-state index in [1.165, 1.54) is 25.7 Å². The van der Waals surface area contributed by atoms with Crippen LogP contribution in [0.2, 0.25) is 0 Å². The molecule has 0 N–H and O–H groups in total. The molecule has 12 heavy (non-hydrogen) atoms. The van der Waals surface area contributed by atoms with E-state index in [4.69, 9.17) is 4.74 Å². The normalized spacial score (nSPS) is 39.8. The van der Waals surface area contributed by atoms with E-state index in [1.54, 1.807) is 0 Å². The lowest BCUT2D eigenvalue weighted by Gasteiger charge is -2.24. The zero-order chi connectivity index (χ0) is 8.97. The third kappa shape index (κ3) is 2.78. The fraction of sp³-hybridized carbons (Fsp3) is 1.00. The van der Waals surface area contributed by atoms with Gasteiger partial charge in [-0.05, 0) is 24.7 Å². The highest BCUT2D eigenvalue weighted by Gasteiger charge is 2.34. The second-order valence-corrected chi connectivity index (χ2v) is 3.90. The van der Waals surface area contributed by atoms with Crippen molar-refractivity contribution in [2.24, 2.45) is 11.8 Å². The molecule has 2 aliphatic rings. The van der Waals surface area contributed by atoms with E-state index in [1.807, 2.05) is 13.8 Å². The third-order valence-corrected chi connectivity index (χ3v) is 2.86. The molecular weight excluding hydrogens is 148 g/mol. The molecule has 2 fully saturated rings. The first-order valence-corrected chi connectivity index (χ1v) is 5.48. The summed E-state index contributed by atoms with van der Waals surface area (Å²) < 4.78 is 5.30. The Morgan fingerprint density at radius 3 is 2.33 bits per heavy atom. The van der Waals surface area contributed by atoms with Crippen molar-refractivity contribution in [2.45, 2.75) is 52.6 Å². The lowest BCUT2D eigenvalue weighted by Crippen LogP contribution is -2.17. The van der Waals surface area contributed by atoms with Gasteiger partial charge in [-0.1, -0.05) is 33.6 Å². The van der Waals surface area contributed by atoms with Crippen LogP contribution in [0.15, 0.2) is 0 Å². The predicted molar refractivity (Wildman–Crippen MR) is 52.2 cm³/mol. The Morgan fingerprint density at radius 2 is 1.83 bits per heavy atom. The Balaban J connectivity index is 0.000000336. The van der Waals surface area contributed by atoms with Gasteiger partial charge in [-0.2, -0.15) is 0 Å². The van der Waals surface area contributed by atoms with Crippen LogP contribution in [0.3, 0.4) is 0 Å². The molecule has 0 radical (unpaired) electrons. The zero-order valence-corrected chi connectivity index (χ0v) is 8.68. The van der Waals surface area contributed by atoms with Gasteiger partial charge in [0.05, 0.1) is 12.7 Å². The molecule has 1 aliphatic heterocycles. The molecular formula is C11H22O. The molecule has 2 rings (SSSR count). The summed E-state index contributed by atoms with van der Waals surface area (Å²) in [7, 11) is 0. The SMILES string of the molecule is CC.CC1CCCC(C2CO2)C1. The second-order valence-electron chi connectivity index (χ2n) is 3.90. The maximum absolute atomic E-state index is 5.30. The van der Waals surface area contributed by atoms with Crippen molar-refractivity contribution in [2.75, 3.05) is 6.61 Å². The van der Waals surface area contributed by atoms with Crippen molar-refractivity contribution in [3.63, 3.8) is 0 Å². The van der Waals surface area contributed by atoms with Crippen molar-refractivity contribution in [1.29, 1.82) is 0 Å². The van der Waals surface area contributed by atoms with Crippen molar-refractivity contribution in [3.8, 4) is 0 Å². The van der Waals surface area contributed by atoms with E-state index < -0.39 is 0 Å². The van der Waals surface area contributed by atoms with E-state index in [-0.39, 0.29) is 0 Å². The molecule has 0 aromatic rings. The second kappa shape index (κ2) is 4.86. The van der Waals surface area contributed by atoms with Gasteiger partial charge in [-0.15, -0.1) is 0 Å². The third-order valence-electron chi connectivity index (χ3n) is 2.86. The maximum Gasteiger partial charge on any atom is 0.0838 e. The maximum atomic E-state index is 5.30. The fourth-order valence-electron chi connectivity index (χ4n) is 2.15. The molecule has 3 atom stereocenters. The first-order valence-electron chi connectivity index (χ1n) is 5.48. The molecule has 0 bridgehead atoms. The topological polar surface area (TPSA) is 12.5 Å². The van der Waals surface area contributed by atoms with Gasteiger partial charge in [0.1, 0.15) is 0 Å². The Labute approximate surface area is 76.5 Å². The summed E-state index contributed by atoms with van der Waals surface area (Å²) in [6.45, 7) is 7.42. The van der Waals surface area contributed by atoms with E-state index in [0.29, 0.717) is 6.10 Å². The lowest BCUT2D eigenvalue weighted by atomic mass is 9.81. The van der Waals surface area contributed by atoms with Crippen LogP contribution in [0.1, 0.15) is 46.5 Å². The molecule has 1 saturated carbocycles. The van der Waals surface area contributed by atoms with Crippen LogP contribution in [0.25, 0.3) is 0 Å². The summed E-state index contributed by atoms with van der Waals surface area (Å²) in [5.74, 6) is 1.88. The van der Waals surface area contributed by atoms with Crippen molar-refractivity contribution >= 4 is 0 Å². The Kier molecular flexibility index (Phi) is 4.07. The van der Waals surface area contributed by atoms with Crippen LogP contribution in [0, 0.1) is 11.8 Å². The molecule has 0 amide bonds. The summed E-state index contributed by atoms with van der Waals surface area (Å²) in [5, 5.41) is 0. The Bertz CT molecular complexity index is 118. The molecule has 1 heterocycles. The number of epoxide rings is 1. The molecule has 72 valence electrons. The van der Waals surface area contributed by atoms with Gasteiger partial charge in [-0.3, -0.25) is 0 Å². The van der Waals surface area contributed by atoms with E-state index in [9.17, 15) is 0 Å². The monoisotopic (exact) mass is 170 g/mol. The highest BCUT2D eigenvalue weighted by atomic mass is 16.6. The van der Waals surface area contributed by atoms with Gasteiger partial charge in [0, 0.05) is 0 Å². The van der Waals surface area contributed by atoms with Crippen LogP contribution in [-0.4, -0.2) is 12.7 Å². The van der Waals surface area contributed by atoms with Crippen molar-refractivity contribution < 1.29 is 4.74 Å². The minimum atomic E-state index is 0.669. The van der Waals surface area contributed by atoms with Gasteiger partial charge < -0.3 is 4.74 Å². The van der Waals surface area contributed by atoms with E-state index >= 15 is 0 Å². The summed E-state index contributed by atoms with van der Waals surface area (Å²) in [5.41, 5.74) is 0. The molecule has 0 aromatic carbocycles. The predicted octanol–water partition coefficient (Wildman–Crippen LogP) is 3.24. The van der Waals surface area contributed by atoms with Crippen LogP contribution in [-0.2, 0) is 4.74 Å². The van der Waals surface area contributed by atoms with Gasteiger partial charge in [0.25, 0.3) is 0 Å². The summed E-state index contributed by atoms with van der Waals surface area (Å²) in [6.07, 6.45) is 6.40. The summed E-state index contributed by atoms with van der Waals surface area (Å²) >= 11 is 0. The Morgan fingerprint density at radius 1 is 1.17 bits per heavy atom. The lowest BCUT2D eigenvalue weighted by molar-refractivity contribution is 0.225. The van der Waals surface area contributed by atoms with Gasteiger partial charge >= 0.3 is 0 Å². The van der Waals surface area contributed by atoms with Crippen molar-refractivity contribution in [1.82, 2.24) is 0 Å². The summed E-state index contributed by atoms with van der Waals surface area (Å²) in [4.78, 5) is 0. The smallest absolute Gasteiger partial charge is 0.0838 e. The molecule has 1 nitrogen and oxygen atoms in total. The molecule has 0 aromatic heterocycles. The largest absolute Gasteiger partial charge is 0.373 e. The molecule has 0 spiro atoms. The Hall–Kier alpha value is -0.0400. The number of rotatable bonds is 1. The number of hydrogen-bond acceptors (Lipinski definition) is 1. The van der Waals surface area contributed by atoms with Gasteiger partial charge in [-0.25, -0.2) is 0 Å². The van der Waals surface area contributed by atoms with Crippen LogP contribution >= 0.6 is 0 Å². The number of ether oxygens (including phenoxy) is 1.